The van der Waals surface area contributed by atoms with Crippen LogP contribution in [0.25, 0.3) is 0 Å². The molecule has 0 spiro atoms. The van der Waals surface area contributed by atoms with Gasteiger partial charge in [-0.15, -0.1) is 10.2 Å². The van der Waals surface area contributed by atoms with E-state index in [2.05, 4.69) is 46.2 Å². The van der Waals surface area contributed by atoms with Gasteiger partial charge in [0, 0.05) is 32.2 Å². The summed E-state index contributed by atoms with van der Waals surface area (Å²) in [4.78, 5) is 4.87. The predicted molar refractivity (Wildman–Crippen MR) is 76.1 cm³/mol. The molecular formula is C12H23N5S. The first-order valence-corrected chi connectivity index (χ1v) is 7.49. The minimum absolute atomic E-state index is 0.597. The lowest BCUT2D eigenvalue weighted by molar-refractivity contribution is 0.0936. The molecule has 1 aromatic rings. The Labute approximate surface area is 113 Å². The highest BCUT2D eigenvalue weighted by Crippen LogP contribution is 2.19. The zero-order valence-electron chi connectivity index (χ0n) is 11.5. The van der Waals surface area contributed by atoms with Crippen molar-refractivity contribution in [1.29, 1.82) is 0 Å². The summed E-state index contributed by atoms with van der Waals surface area (Å²) in [7, 11) is 2.19. The number of rotatable bonds is 5. The third-order valence-electron chi connectivity index (χ3n) is 3.30. The largest absolute Gasteiger partial charge is 0.360 e. The summed E-state index contributed by atoms with van der Waals surface area (Å²) in [5, 5.41) is 13.8. The summed E-state index contributed by atoms with van der Waals surface area (Å²) >= 11 is 1.68. The maximum Gasteiger partial charge on any atom is 0.205 e. The molecule has 18 heavy (non-hydrogen) atoms. The van der Waals surface area contributed by atoms with Gasteiger partial charge in [0.1, 0.15) is 5.01 Å². The molecule has 1 aromatic heterocycles. The number of piperazine rings is 1. The lowest BCUT2D eigenvalue weighted by Crippen LogP contribution is -2.49. The van der Waals surface area contributed by atoms with E-state index in [1.807, 2.05) is 0 Å². The normalized spacial score (nSPS) is 22.3. The molecule has 0 bridgehead atoms. The van der Waals surface area contributed by atoms with E-state index in [4.69, 9.17) is 0 Å². The van der Waals surface area contributed by atoms with Crippen LogP contribution in [0.1, 0.15) is 25.3 Å². The summed E-state index contributed by atoms with van der Waals surface area (Å²) in [6, 6.07) is 0.597. The number of nitrogens with zero attached hydrogens (tertiary/aromatic N) is 4. The van der Waals surface area contributed by atoms with Crippen molar-refractivity contribution in [3.8, 4) is 0 Å². The van der Waals surface area contributed by atoms with Crippen LogP contribution in [0.4, 0.5) is 5.13 Å². The van der Waals surface area contributed by atoms with Gasteiger partial charge in [0.2, 0.25) is 5.13 Å². The van der Waals surface area contributed by atoms with Crippen LogP contribution in [-0.4, -0.2) is 59.3 Å². The lowest BCUT2D eigenvalue weighted by atomic mass is 10.2. The Morgan fingerprint density at radius 2 is 2.22 bits per heavy atom. The molecule has 1 atom stereocenters. The fraction of sp³-hybridized carbons (Fsp3) is 0.833. The van der Waals surface area contributed by atoms with E-state index in [0.29, 0.717) is 6.04 Å². The van der Waals surface area contributed by atoms with E-state index in [-0.39, 0.29) is 0 Å². The lowest BCUT2D eigenvalue weighted by Gasteiger charge is -2.37. The zero-order valence-corrected chi connectivity index (χ0v) is 12.3. The number of aromatic nitrogens is 2. The van der Waals surface area contributed by atoms with Crippen LogP contribution in [0.15, 0.2) is 0 Å². The molecule has 6 heteroatoms. The van der Waals surface area contributed by atoms with E-state index in [0.717, 1.165) is 49.3 Å². The maximum absolute atomic E-state index is 4.27. The quantitative estimate of drug-likeness (QED) is 0.877. The van der Waals surface area contributed by atoms with Gasteiger partial charge in [0.15, 0.2) is 0 Å². The Hall–Kier alpha value is -0.720. The Kier molecular flexibility index (Phi) is 4.91. The Morgan fingerprint density at radius 1 is 1.39 bits per heavy atom. The van der Waals surface area contributed by atoms with Crippen molar-refractivity contribution < 1.29 is 0 Å². The second-order valence-corrected chi connectivity index (χ2v) is 6.07. The van der Waals surface area contributed by atoms with Crippen LogP contribution in [0, 0.1) is 0 Å². The molecule has 1 unspecified atom stereocenters. The number of anilines is 1. The minimum Gasteiger partial charge on any atom is -0.360 e. The molecule has 0 aliphatic carbocycles. The van der Waals surface area contributed by atoms with Crippen molar-refractivity contribution in [3.05, 3.63) is 5.01 Å². The van der Waals surface area contributed by atoms with Crippen molar-refractivity contribution in [2.24, 2.45) is 0 Å². The summed E-state index contributed by atoms with van der Waals surface area (Å²) in [6.07, 6.45) is 1.12. The number of nitrogens with one attached hydrogen (secondary N) is 1. The summed E-state index contributed by atoms with van der Waals surface area (Å²) in [5.74, 6) is 0. The molecule has 0 aromatic carbocycles. The van der Waals surface area contributed by atoms with Gasteiger partial charge in [-0.2, -0.15) is 0 Å². The van der Waals surface area contributed by atoms with Gasteiger partial charge < -0.3 is 10.2 Å². The van der Waals surface area contributed by atoms with Crippen LogP contribution < -0.4 is 5.32 Å². The smallest absolute Gasteiger partial charge is 0.205 e. The van der Waals surface area contributed by atoms with Crippen LogP contribution in [0.3, 0.4) is 0 Å². The standard InChI is InChI=1S/C12H23N5S/c1-4-5-13-12-15-14-11(18-12)9-17-7-6-16(3)8-10(17)2/h10H,4-9H2,1-3H3,(H,13,15). The third-order valence-corrected chi connectivity index (χ3v) is 4.17. The van der Waals surface area contributed by atoms with Crippen molar-refractivity contribution >= 4 is 16.5 Å². The highest BCUT2D eigenvalue weighted by atomic mass is 32.1. The first kappa shape index (κ1) is 13.7. The monoisotopic (exact) mass is 269 g/mol. The fourth-order valence-corrected chi connectivity index (χ4v) is 3.00. The van der Waals surface area contributed by atoms with Gasteiger partial charge in [-0.05, 0) is 20.4 Å². The van der Waals surface area contributed by atoms with Gasteiger partial charge >= 0.3 is 0 Å². The minimum atomic E-state index is 0.597. The molecule has 0 saturated carbocycles. The number of hydrogen-bond donors (Lipinski definition) is 1. The second-order valence-electron chi connectivity index (χ2n) is 5.01. The first-order valence-electron chi connectivity index (χ1n) is 6.68. The Balaban J connectivity index is 1.87. The summed E-state index contributed by atoms with van der Waals surface area (Å²) < 4.78 is 0. The average molecular weight is 269 g/mol. The molecule has 1 aliphatic rings. The van der Waals surface area contributed by atoms with Crippen molar-refractivity contribution in [2.75, 3.05) is 38.5 Å². The van der Waals surface area contributed by atoms with Gasteiger partial charge in [0.05, 0.1) is 6.54 Å². The highest BCUT2D eigenvalue weighted by molar-refractivity contribution is 7.15. The van der Waals surface area contributed by atoms with Crippen LogP contribution >= 0.6 is 11.3 Å². The van der Waals surface area contributed by atoms with E-state index in [1.165, 1.54) is 0 Å². The second kappa shape index (κ2) is 6.45. The van der Waals surface area contributed by atoms with E-state index in [9.17, 15) is 0 Å². The number of likely N-dealkylation sites (N-methyl/N-ethyl adjacent to an activating group) is 1. The maximum atomic E-state index is 4.27. The van der Waals surface area contributed by atoms with Gasteiger partial charge in [-0.1, -0.05) is 18.3 Å². The Morgan fingerprint density at radius 3 is 2.94 bits per heavy atom. The molecular weight excluding hydrogens is 246 g/mol. The molecule has 1 N–H and O–H groups in total. The molecule has 5 nitrogen and oxygen atoms in total. The fourth-order valence-electron chi connectivity index (χ4n) is 2.21. The summed E-state index contributed by atoms with van der Waals surface area (Å²) in [5.41, 5.74) is 0. The van der Waals surface area contributed by atoms with E-state index in [1.54, 1.807) is 11.3 Å². The average Bonchev–Trinajstić information content (AvgIpc) is 2.78. The van der Waals surface area contributed by atoms with Gasteiger partial charge in [-0.25, -0.2) is 0 Å². The van der Waals surface area contributed by atoms with Crippen LogP contribution in [0.2, 0.25) is 0 Å². The van der Waals surface area contributed by atoms with Crippen molar-refractivity contribution in [2.45, 2.75) is 32.9 Å². The molecule has 0 amide bonds. The van der Waals surface area contributed by atoms with Gasteiger partial charge in [-0.3, -0.25) is 4.90 Å². The SMILES string of the molecule is CCCNc1nnc(CN2CCN(C)CC2C)s1. The number of hydrogen-bond acceptors (Lipinski definition) is 6. The Bertz CT molecular complexity index is 367. The summed E-state index contributed by atoms with van der Waals surface area (Å²) in [6.45, 7) is 9.74. The van der Waals surface area contributed by atoms with Crippen LogP contribution in [0.5, 0.6) is 0 Å². The molecule has 1 aliphatic heterocycles. The molecule has 2 heterocycles. The predicted octanol–water partition coefficient (Wildman–Crippen LogP) is 1.50. The highest BCUT2D eigenvalue weighted by Gasteiger charge is 2.22. The first-order chi connectivity index (χ1) is 8.69. The van der Waals surface area contributed by atoms with Crippen LogP contribution in [-0.2, 0) is 6.54 Å². The van der Waals surface area contributed by atoms with E-state index >= 15 is 0 Å². The zero-order chi connectivity index (χ0) is 13.0. The van der Waals surface area contributed by atoms with Gasteiger partial charge in [0.25, 0.3) is 0 Å². The third kappa shape index (κ3) is 3.63. The molecule has 0 radical (unpaired) electrons. The van der Waals surface area contributed by atoms with E-state index < -0.39 is 0 Å². The molecule has 102 valence electrons. The molecule has 1 fully saturated rings. The van der Waals surface area contributed by atoms with Crippen molar-refractivity contribution in [1.82, 2.24) is 20.0 Å². The molecule has 2 rings (SSSR count). The topological polar surface area (TPSA) is 44.3 Å². The molecule has 1 saturated heterocycles. The van der Waals surface area contributed by atoms with Crippen molar-refractivity contribution in [3.63, 3.8) is 0 Å².